The van der Waals surface area contributed by atoms with E-state index < -0.39 is 63.7 Å². The number of nitrogens with one attached hydrogen (secondary N) is 1. The maximum atomic E-state index is 14.4. The van der Waals surface area contributed by atoms with Crippen LogP contribution in [0.5, 0.6) is 5.75 Å². The first kappa shape index (κ1) is 26.0. The zero-order valence-electron chi connectivity index (χ0n) is 17.2. The minimum atomic E-state index is -2.46. The lowest BCUT2D eigenvalue weighted by Crippen LogP contribution is -2.16. The first-order valence-corrected chi connectivity index (χ1v) is 9.65. The van der Waals surface area contributed by atoms with Crippen molar-refractivity contribution in [2.24, 2.45) is 0 Å². The van der Waals surface area contributed by atoms with Gasteiger partial charge < -0.3 is 10.1 Å². The predicted octanol–water partition coefficient (Wildman–Crippen LogP) is 7.61. The van der Waals surface area contributed by atoms with Gasteiger partial charge in [0.05, 0.1) is 22.0 Å². The number of hydrogen-bond donors (Lipinski definition) is 1. The summed E-state index contributed by atoms with van der Waals surface area (Å²) < 4.78 is 99.8. The highest BCUT2D eigenvalue weighted by atomic mass is 35.5. The molecule has 0 fully saturated rings. The van der Waals surface area contributed by atoms with E-state index in [1.807, 2.05) is 13.8 Å². The van der Waals surface area contributed by atoms with Gasteiger partial charge >= 0.3 is 5.97 Å². The third kappa shape index (κ3) is 5.22. The first-order valence-electron chi connectivity index (χ1n) is 9.27. The molecule has 1 N–H and O–H groups in total. The summed E-state index contributed by atoms with van der Waals surface area (Å²) >= 11 is 6.01. The number of esters is 1. The van der Waals surface area contributed by atoms with Crippen LogP contribution in [0, 0.1) is 47.6 Å². The molecule has 3 aromatic rings. The Morgan fingerprint density at radius 1 is 0.818 bits per heavy atom. The van der Waals surface area contributed by atoms with Crippen LogP contribution < -0.4 is 10.1 Å². The van der Waals surface area contributed by atoms with Crippen molar-refractivity contribution in [2.45, 2.75) is 20.8 Å². The van der Waals surface area contributed by atoms with Gasteiger partial charge in [0.25, 0.3) is 0 Å². The summed E-state index contributed by atoms with van der Waals surface area (Å²) in [5, 5.41) is 2.42. The summed E-state index contributed by atoms with van der Waals surface area (Å²) in [7, 11) is 0. The molecule has 0 spiro atoms. The van der Waals surface area contributed by atoms with Crippen molar-refractivity contribution in [1.82, 2.24) is 0 Å². The molecule has 0 amide bonds. The highest BCUT2D eigenvalue weighted by molar-refractivity contribution is 6.33. The second kappa shape index (κ2) is 10.6. The molecule has 0 heterocycles. The SMILES string of the molecule is CC.Cc1ccc(Nc2c(C(=O)Oc3c(F)c(F)c(F)c(F)c3F)ccc(F)c2F)c(Cl)c1. The van der Waals surface area contributed by atoms with E-state index in [2.05, 4.69) is 10.1 Å². The Morgan fingerprint density at radius 2 is 1.36 bits per heavy atom. The average Bonchev–Trinajstić information content (AvgIpc) is 2.80. The van der Waals surface area contributed by atoms with Crippen LogP contribution >= 0.6 is 11.6 Å². The van der Waals surface area contributed by atoms with Crippen molar-refractivity contribution < 1.29 is 40.3 Å². The fourth-order valence-electron chi connectivity index (χ4n) is 2.52. The molecular formula is C22H15ClF7NO2. The lowest BCUT2D eigenvalue weighted by atomic mass is 10.1. The number of carbonyl (C=O) groups is 1. The summed E-state index contributed by atoms with van der Waals surface area (Å²) in [4.78, 5) is 12.4. The van der Waals surface area contributed by atoms with E-state index in [0.29, 0.717) is 12.1 Å². The summed E-state index contributed by atoms with van der Waals surface area (Å²) in [6, 6.07) is 5.59. The predicted molar refractivity (Wildman–Crippen MR) is 108 cm³/mol. The second-order valence-electron chi connectivity index (χ2n) is 6.18. The largest absolute Gasteiger partial charge is 0.416 e. The second-order valence-corrected chi connectivity index (χ2v) is 6.59. The van der Waals surface area contributed by atoms with E-state index in [4.69, 9.17) is 11.6 Å². The lowest BCUT2D eigenvalue weighted by Gasteiger charge is -2.15. The monoisotopic (exact) mass is 493 g/mol. The number of carbonyl (C=O) groups excluding carboxylic acids is 1. The Hall–Kier alpha value is -3.27. The van der Waals surface area contributed by atoms with E-state index in [1.165, 1.54) is 12.1 Å². The molecule has 3 nitrogen and oxygen atoms in total. The van der Waals surface area contributed by atoms with Crippen LogP contribution in [0.4, 0.5) is 42.1 Å². The Balaban J connectivity index is 0.00000187. The number of aryl methyl sites for hydroxylation is 1. The van der Waals surface area contributed by atoms with Crippen molar-refractivity contribution >= 4 is 28.9 Å². The number of hydrogen-bond acceptors (Lipinski definition) is 3. The first-order chi connectivity index (χ1) is 15.5. The van der Waals surface area contributed by atoms with Gasteiger partial charge in [0.1, 0.15) is 0 Å². The molecule has 0 radical (unpaired) electrons. The van der Waals surface area contributed by atoms with Crippen molar-refractivity contribution in [2.75, 3.05) is 5.32 Å². The quantitative estimate of drug-likeness (QED) is 0.134. The minimum Gasteiger partial charge on any atom is -0.416 e. The highest BCUT2D eigenvalue weighted by Crippen LogP contribution is 2.33. The smallest absolute Gasteiger partial charge is 0.345 e. The molecule has 0 aliphatic heterocycles. The standard InChI is InChI=1S/C20H9ClF7NO2.C2H6/c1-7-2-5-11(9(21)6-7)29-18-8(3-4-10(22)12(18)23)20(30)31-19-16(27)14(25)13(24)15(26)17(19)28;1-2/h2-6,29H,1H3;1-2H3. The summed E-state index contributed by atoms with van der Waals surface area (Å²) in [6.45, 7) is 5.70. The van der Waals surface area contributed by atoms with E-state index >= 15 is 0 Å². The Kier molecular flexibility index (Phi) is 8.32. The molecule has 0 aromatic heterocycles. The van der Waals surface area contributed by atoms with Crippen LogP contribution in [-0.2, 0) is 0 Å². The van der Waals surface area contributed by atoms with Gasteiger partial charge in [-0.1, -0.05) is 31.5 Å². The van der Waals surface area contributed by atoms with Crippen molar-refractivity contribution in [3.05, 3.63) is 87.2 Å². The molecule has 0 saturated carbocycles. The highest BCUT2D eigenvalue weighted by Gasteiger charge is 2.30. The molecule has 0 aliphatic carbocycles. The molecule has 0 atom stereocenters. The summed E-state index contributed by atoms with van der Waals surface area (Å²) in [5.74, 6) is -18.6. The molecule has 0 unspecified atom stereocenters. The Morgan fingerprint density at radius 3 is 1.91 bits per heavy atom. The van der Waals surface area contributed by atoms with E-state index in [0.717, 1.165) is 5.56 Å². The van der Waals surface area contributed by atoms with Gasteiger partial charge in [0, 0.05) is 0 Å². The molecule has 0 aliphatic rings. The van der Waals surface area contributed by atoms with Gasteiger partial charge in [-0.3, -0.25) is 0 Å². The minimum absolute atomic E-state index is 0.0297. The van der Waals surface area contributed by atoms with Crippen LogP contribution in [0.15, 0.2) is 30.3 Å². The van der Waals surface area contributed by atoms with Gasteiger partial charge in [-0.15, -0.1) is 0 Å². The number of ether oxygens (including phenoxy) is 1. The number of benzene rings is 3. The third-order valence-corrected chi connectivity index (χ3v) is 4.38. The maximum Gasteiger partial charge on any atom is 0.345 e. The number of halogens is 8. The molecule has 33 heavy (non-hydrogen) atoms. The topological polar surface area (TPSA) is 38.3 Å². The zero-order chi connectivity index (χ0) is 25.0. The number of anilines is 2. The van der Waals surface area contributed by atoms with Crippen molar-refractivity contribution in [1.29, 1.82) is 0 Å². The molecule has 3 rings (SSSR count). The summed E-state index contributed by atoms with van der Waals surface area (Å²) in [6.07, 6.45) is 0. The zero-order valence-corrected chi connectivity index (χ0v) is 18.0. The van der Waals surface area contributed by atoms with E-state index in [9.17, 15) is 35.5 Å². The molecule has 0 saturated heterocycles. The molecule has 11 heteroatoms. The van der Waals surface area contributed by atoms with Crippen molar-refractivity contribution in [3.8, 4) is 5.75 Å². The van der Waals surface area contributed by atoms with E-state index in [-0.39, 0.29) is 10.7 Å². The fraction of sp³-hybridized carbons (Fsp3) is 0.136. The molecule has 0 bridgehead atoms. The van der Waals surface area contributed by atoms with Crippen LogP contribution in [0.3, 0.4) is 0 Å². The molecule has 176 valence electrons. The fourth-order valence-corrected chi connectivity index (χ4v) is 2.80. The van der Waals surface area contributed by atoms with Crippen molar-refractivity contribution in [3.63, 3.8) is 0 Å². The molecular weight excluding hydrogens is 479 g/mol. The van der Waals surface area contributed by atoms with Gasteiger partial charge in [-0.05, 0) is 36.8 Å². The Labute approximate surface area is 188 Å². The lowest BCUT2D eigenvalue weighted by molar-refractivity contribution is 0.0716. The van der Waals surface area contributed by atoms with Crippen LogP contribution in [0.1, 0.15) is 29.8 Å². The van der Waals surface area contributed by atoms with Crippen LogP contribution in [0.2, 0.25) is 5.02 Å². The Bertz CT molecular complexity index is 1190. The van der Waals surface area contributed by atoms with Gasteiger partial charge in [-0.25, -0.2) is 26.7 Å². The van der Waals surface area contributed by atoms with E-state index in [1.54, 1.807) is 13.0 Å². The van der Waals surface area contributed by atoms with Crippen LogP contribution in [0.25, 0.3) is 0 Å². The van der Waals surface area contributed by atoms with Gasteiger partial charge in [0.15, 0.2) is 11.6 Å². The van der Waals surface area contributed by atoms with Gasteiger partial charge in [0.2, 0.25) is 34.8 Å². The third-order valence-electron chi connectivity index (χ3n) is 4.06. The normalized spacial score (nSPS) is 10.4. The van der Waals surface area contributed by atoms with Gasteiger partial charge in [-0.2, -0.15) is 8.78 Å². The maximum absolute atomic E-state index is 14.4. The van der Waals surface area contributed by atoms with Crippen LogP contribution in [-0.4, -0.2) is 5.97 Å². The number of rotatable bonds is 4. The molecule has 3 aromatic carbocycles. The summed E-state index contributed by atoms with van der Waals surface area (Å²) in [5.41, 5.74) is -0.887. The average molecular weight is 494 g/mol.